The maximum absolute atomic E-state index is 13.1. The Kier molecular flexibility index (Phi) is 5.97. The molecule has 1 saturated carbocycles. The molecule has 178 valence electrons. The minimum atomic E-state index is -1.27. The number of imide groups is 1. The van der Waals surface area contributed by atoms with Gasteiger partial charge in [-0.15, -0.1) is 9.79 Å². The molecule has 5 rings (SSSR count). The zero-order valence-corrected chi connectivity index (χ0v) is 19.9. The lowest BCUT2D eigenvalue weighted by Crippen LogP contribution is -2.63. The summed E-state index contributed by atoms with van der Waals surface area (Å²) < 4.78 is 15.9. The predicted octanol–water partition coefficient (Wildman–Crippen LogP) is 2.55. The van der Waals surface area contributed by atoms with E-state index >= 15 is 0 Å². The molecular formula is C25H27N3O5S. The van der Waals surface area contributed by atoms with Crippen LogP contribution in [-0.2, 0) is 16.2 Å². The van der Waals surface area contributed by atoms with Crippen LogP contribution in [0.4, 0.5) is 0 Å². The first-order valence-electron chi connectivity index (χ1n) is 11.4. The highest BCUT2D eigenvalue weighted by molar-refractivity contribution is 7.90. The van der Waals surface area contributed by atoms with Gasteiger partial charge in [0.1, 0.15) is 5.25 Å². The van der Waals surface area contributed by atoms with Crippen molar-refractivity contribution in [1.29, 1.82) is 0 Å². The van der Waals surface area contributed by atoms with Crippen LogP contribution in [0.3, 0.4) is 0 Å². The predicted molar refractivity (Wildman–Crippen MR) is 126 cm³/mol. The third-order valence-electron chi connectivity index (χ3n) is 6.97. The van der Waals surface area contributed by atoms with Gasteiger partial charge < -0.3 is 9.39 Å². The van der Waals surface area contributed by atoms with Crippen molar-refractivity contribution >= 4 is 29.1 Å². The Balaban J connectivity index is 1.32. The van der Waals surface area contributed by atoms with Gasteiger partial charge in [-0.1, -0.05) is 30.3 Å². The van der Waals surface area contributed by atoms with Crippen molar-refractivity contribution in [2.24, 2.45) is 5.41 Å². The number of rotatable bonds is 6. The van der Waals surface area contributed by atoms with E-state index in [2.05, 4.69) is 4.72 Å². The number of hydrogen-bond acceptors (Lipinski definition) is 7. The second-order valence-electron chi connectivity index (χ2n) is 9.54. The van der Waals surface area contributed by atoms with Gasteiger partial charge in [0.15, 0.2) is 0 Å². The van der Waals surface area contributed by atoms with Crippen molar-refractivity contribution in [3.05, 3.63) is 71.3 Å². The molecule has 2 aliphatic heterocycles. The zero-order valence-electron chi connectivity index (χ0n) is 19.1. The Bertz CT molecular complexity index is 1080. The molecule has 0 radical (unpaired) electrons. The van der Waals surface area contributed by atoms with E-state index in [1.54, 1.807) is 53.6 Å². The van der Waals surface area contributed by atoms with E-state index < -0.39 is 17.3 Å². The van der Waals surface area contributed by atoms with E-state index in [1.165, 1.54) is 4.90 Å². The lowest BCUT2D eigenvalue weighted by Gasteiger charge is -2.49. The summed E-state index contributed by atoms with van der Waals surface area (Å²) in [4.78, 5) is 45.5. The molecule has 8 nitrogen and oxygen atoms in total. The van der Waals surface area contributed by atoms with Gasteiger partial charge in [-0.3, -0.25) is 14.5 Å². The Hall–Kier alpha value is -2.72. The molecule has 3 atom stereocenters. The minimum absolute atomic E-state index is 0.0810. The van der Waals surface area contributed by atoms with Crippen LogP contribution >= 0.6 is 0 Å². The Morgan fingerprint density at radius 1 is 1.06 bits per heavy atom. The SMILES string of the molecule is CC(C)[S@@+]([O-])N[C@@H]1C[C@@H](N2C(=O)c3ccccc3C2=O)CC12CN(OC(=O)c1ccccc1)C2. The molecule has 9 heteroatoms. The number of nitrogens with zero attached hydrogens (tertiary/aromatic N) is 2. The molecule has 2 aromatic carbocycles. The van der Waals surface area contributed by atoms with E-state index in [0.717, 1.165) is 0 Å². The maximum Gasteiger partial charge on any atom is 0.357 e. The number of carbonyl (C=O) groups excluding carboxylic acids is 3. The average Bonchev–Trinajstić information content (AvgIpc) is 3.29. The fourth-order valence-electron chi connectivity index (χ4n) is 5.22. The number of nitrogens with one attached hydrogen (secondary N) is 1. The van der Waals surface area contributed by atoms with Gasteiger partial charge in [0.2, 0.25) is 0 Å². The highest BCUT2D eigenvalue weighted by Crippen LogP contribution is 2.49. The number of amides is 2. The van der Waals surface area contributed by atoms with Crippen LogP contribution in [0.5, 0.6) is 0 Å². The Labute approximate surface area is 201 Å². The summed E-state index contributed by atoms with van der Waals surface area (Å²) in [5, 5.41) is 1.52. The van der Waals surface area contributed by atoms with Gasteiger partial charge in [-0.25, -0.2) is 4.79 Å². The molecule has 1 N–H and O–H groups in total. The van der Waals surface area contributed by atoms with Crippen LogP contribution in [-0.4, -0.2) is 62.7 Å². The van der Waals surface area contributed by atoms with Gasteiger partial charge in [0, 0.05) is 35.9 Å². The second-order valence-corrected chi connectivity index (χ2v) is 11.3. The highest BCUT2D eigenvalue weighted by Gasteiger charge is 2.60. The maximum atomic E-state index is 13.1. The molecule has 0 aromatic heterocycles. The van der Waals surface area contributed by atoms with Crippen LogP contribution in [0, 0.1) is 5.41 Å². The summed E-state index contributed by atoms with van der Waals surface area (Å²) >= 11 is -1.27. The fraction of sp³-hybridized carbons (Fsp3) is 0.400. The van der Waals surface area contributed by atoms with Crippen molar-refractivity contribution in [2.45, 2.75) is 44.0 Å². The summed E-state index contributed by atoms with van der Waals surface area (Å²) in [7, 11) is 0. The summed E-state index contributed by atoms with van der Waals surface area (Å²) in [6.07, 6.45) is 1.06. The zero-order chi connectivity index (χ0) is 24.0. The van der Waals surface area contributed by atoms with E-state index in [1.807, 2.05) is 19.9 Å². The van der Waals surface area contributed by atoms with Gasteiger partial charge in [-0.05, 0) is 51.0 Å². The fourth-order valence-corrected chi connectivity index (χ4v) is 6.12. The molecule has 2 amide bonds. The number of carbonyl (C=O) groups is 3. The van der Waals surface area contributed by atoms with Gasteiger partial charge >= 0.3 is 5.97 Å². The molecule has 2 heterocycles. The molecule has 2 aromatic rings. The van der Waals surface area contributed by atoms with Crippen LogP contribution in [0.1, 0.15) is 57.8 Å². The van der Waals surface area contributed by atoms with Gasteiger partial charge in [0.05, 0.1) is 22.7 Å². The minimum Gasteiger partial charge on any atom is -0.598 e. The number of hydrogen-bond donors (Lipinski definition) is 1. The molecule has 1 aliphatic carbocycles. The Morgan fingerprint density at radius 2 is 1.65 bits per heavy atom. The molecule has 34 heavy (non-hydrogen) atoms. The lowest BCUT2D eigenvalue weighted by atomic mass is 9.76. The lowest BCUT2D eigenvalue weighted by molar-refractivity contribution is -0.212. The molecule has 1 saturated heterocycles. The van der Waals surface area contributed by atoms with Crippen LogP contribution in [0.2, 0.25) is 0 Å². The molecule has 3 aliphatic rings. The molecule has 1 spiro atoms. The van der Waals surface area contributed by atoms with Crippen molar-refractivity contribution in [3.8, 4) is 0 Å². The summed E-state index contributed by atoms with van der Waals surface area (Å²) in [5.41, 5.74) is 0.961. The van der Waals surface area contributed by atoms with Crippen molar-refractivity contribution in [3.63, 3.8) is 0 Å². The first-order chi connectivity index (χ1) is 16.3. The largest absolute Gasteiger partial charge is 0.598 e. The van der Waals surface area contributed by atoms with Crippen molar-refractivity contribution in [1.82, 2.24) is 14.7 Å². The normalized spacial score (nSPS) is 24.4. The van der Waals surface area contributed by atoms with Gasteiger partial charge in [0.25, 0.3) is 11.8 Å². The molecular weight excluding hydrogens is 454 g/mol. The summed E-state index contributed by atoms with van der Waals surface area (Å²) in [6, 6.07) is 15.1. The van der Waals surface area contributed by atoms with E-state index in [0.29, 0.717) is 42.6 Å². The van der Waals surface area contributed by atoms with Crippen LogP contribution < -0.4 is 4.72 Å². The number of fused-ring (bicyclic) bond motifs is 1. The monoisotopic (exact) mass is 481 g/mol. The topological polar surface area (TPSA) is 102 Å². The summed E-state index contributed by atoms with van der Waals surface area (Å²) in [6.45, 7) is 4.64. The third kappa shape index (κ3) is 3.92. The van der Waals surface area contributed by atoms with E-state index in [9.17, 15) is 18.9 Å². The van der Waals surface area contributed by atoms with Gasteiger partial charge in [-0.2, -0.15) is 0 Å². The van der Waals surface area contributed by atoms with E-state index in [4.69, 9.17) is 4.84 Å². The first-order valence-corrected chi connectivity index (χ1v) is 12.7. The number of hydroxylamine groups is 2. The highest BCUT2D eigenvalue weighted by atomic mass is 32.2. The third-order valence-corrected chi connectivity index (χ3v) is 8.34. The average molecular weight is 482 g/mol. The summed E-state index contributed by atoms with van der Waals surface area (Å²) in [5.74, 6) is -0.989. The molecule has 0 unspecified atom stereocenters. The second kappa shape index (κ2) is 8.81. The molecule has 0 bridgehead atoms. The van der Waals surface area contributed by atoms with Crippen LogP contribution in [0.15, 0.2) is 54.6 Å². The van der Waals surface area contributed by atoms with E-state index in [-0.39, 0.29) is 34.6 Å². The number of benzene rings is 2. The molecule has 2 fully saturated rings. The standard InChI is InChI=1S/C25H27N3O5S/c1-16(2)34(32)26-21-12-18(28-22(29)19-10-6-7-11-20(19)23(28)30)13-25(21)14-27(15-25)33-24(31)17-8-4-3-5-9-17/h3-11,16,18,21,26H,12-15H2,1-2H3/t18-,21-,34-/m1/s1. The quantitative estimate of drug-likeness (QED) is 0.500. The van der Waals surface area contributed by atoms with Crippen LogP contribution in [0.25, 0.3) is 0 Å². The van der Waals surface area contributed by atoms with Crippen molar-refractivity contribution < 1.29 is 23.8 Å². The Morgan fingerprint density at radius 3 is 2.24 bits per heavy atom. The smallest absolute Gasteiger partial charge is 0.357 e. The van der Waals surface area contributed by atoms with Crippen molar-refractivity contribution in [2.75, 3.05) is 13.1 Å². The first kappa shape index (κ1) is 23.0.